The first-order valence-corrected chi connectivity index (χ1v) is 6.85. The van der Waals surface area contributed by atoms with E-state index in [4.69, 9.17) is 10.00 Å². The third-order valence-electron chi connectivity index (χ3n) is 3.17. The zero-order valence-corrected chi connectivity index (χ0v) is 11.8. The molecule has 4 heteroatoms. The van der Waals surface area contributed by atoms with Gasteiger partial charge in [0, 0.05) is 17.3 Å². The van der Waals surface area contributed by atoms with Crippen molar-refractivity contribution in [1.82, 2.24) is 0 Å². The number of ether oxygens (including phenoxy) is 1. The highest BCUT2D eigenvalue weighted by molar-refractivity contribution is 5.50. The van der Waals surface area contributed by atoms with Gasteiger partial charge in [-0.3, -0.25) is 0 Å². The third-order valence-corrected chi connectivity index (χ3v) is 3.17. The predicted molar refractivity (Wildman–Crippen MR) is 80.6 cm³/mol. The van der Waals surface area contributed by atoms with Gasteiger partial charge in [-0.2, -0.15) is 5.26 Å². The van der Waals surface area contributed by atoms with Gasteiger partial charge in [-0.15, -0.1) is 0 Å². The van der Waals surface area contributed by atoms with Crippen LogP contribution in [0, 0.1) is 17.1 Å². The van der Waals surface area contributed by atoms with Crippen molar-refractivity contribution < 1.29 is 9.13 Å². The average molecular weight is 284 g/mol. The first-order valence-electron chi connectivity index (χ1n) is 6.85. The average Bonchev–Trinajstić information content (AvgIpc) is 2.52. The van der Waals surface area contributed by atoms with E-state index in [1.807, 2.05) is 31.2 Å². The molecule has 0 spiro atoms. The molecule has 0 amide bonds. The molecule has 0 aliphatic heterocycles. The van der Waals surface area contributed by atoms with Gasteiger partial charge < -0.3 is 10.1 Å². The standard InChI is InChI=1S/C17H17FN2O/c1-2-17(15-8-3-4-9-16(15)18)20-13-6-5-7-14(12-13)21-11-10-19/h3-9,12,17,20H,2,11H2,1H3. The first kappa shape index (κ1) is 14.9. The molecule has 0 fully saturated rings. The van der Waals surface area contributed by atoms with E-state index in [2.05, 4.69) is 5.32 Å². The van der Waals surface area contributed by atoms with Gasteiger partial charge in [0.15, 0.2) is 6.61 Å². The summed E-state index contributed by atoms with van der Waals surface area (Å²) in [6.07, 6.45) is 0.754. The maximum absolute atomic E-state index is 13.9. The van der Waals surface area contributed by atoms with E-state index in [1.54, 1.807) is 24.3 Å². The molecule has 0 aliphatic carbocycles. The van der Waals surface area contributed by atoms with E-state index in [9.17, 15) is 4.39 Å². The fraction of sp³-hybridized carbons (Fsp3) is 0.235. The van der Waals surface area contributed by atoms with Crippen LogP contribution in [-0.2, 0) is 0 Å². The number of nitrogens with one attached hydrogen (secondary N) is 1. The van der Waals surface area contributed by atoms with Gasteiger partial charge in [0.25, 0.3) is 0 Å². The lowest BCUT2D eigenvalue weighted by molar-refractivity contribution is 0.368. The van der Waals surface area contributed by atoms with Crippen LogP contribution in [0.1, 0.15) is 24.9 Å². The summed E-state index contributed by atoms with van der Waals surface area (Å²) >= 11 is 0. The van der Waals surface area contributed by atoms with Crippen LogP contribution in [-0.4, -0.2) is 6.61 Å². The lowest BCUT2D eigenvalue weighted by Gasteiger charge is -2.19. The smallest absolute Gasteiger partial charge is 0.174 e. The molecular formula is C17H17FN2O. The maximum atomic E-state index is 13.9. The number of hydrogen-bond donors (Lipinski definition) is 1. The van der Waals surface area contributed by atoms with E-state index in [-0.39, 0.29) is 18.5 Å². The molecule has 0 aliphatic rings. The number of benzene rings is 2. The Labute approximate surface area is 124 Å². The van der Waals surface area contributed by atoms with Crippen LogP contribution in [0.15, 0.2) is 48.5 Å². The number of rotatable bonds is 6. The summed E-state index contributed by atoms with van der Waals surface area (Å²) in [4.78, 5) is 0. The zero-order valence-electron chi connectivity index (χ0n) is 11.8. The Hall–Kier alpha value is -2.54. The van der Waals surface area contributed by atoms with Crippen molar-refractivity contribution >= 4 is 5.69 Å². The highest BCUT2D eigenvalue weighted by Crippen LogP contribution is 2.26. The quantitative estimate of drug-likeness (QED) is 0.860. The minimum atomic E-state index is -0.214. The summed E-state index contributed by atoms with van der Waals surface area (Å²) in [5.41, 5.74) is 1.48. The second kappa shape index (κ2) is 7.30. The molecule has 108 valence electrons. The molecule has 1 unspecified atom stereocenters. The Morgan fingerprint density at radius 1 is 1.24 bits per heavy atom. The van der Waals surface area contributed by atoms with Gasteiger partial charge in [-0.1, -0.05) is 31.2 Å². The van der Waals surface area contributed by atoms with Crippen molar-refractivity contribution in [3.05, 3.63) is 59.9 Å². The molecule has 0 saturated carbocycles. The van der Waals surface area contributed by atoms with Gasteiger partial charge in [-0.25, -0.2) is 4.39 Å². The van der Waals surface area contributed by atoms with Crippen LogP contribution >= 0.6 is 0 Å². The zero-order chi connectivity index (χ0) is 15.1. The molecule has 21 heavy (non-hydrogen) atoms. The summed E-state index contributed by atoms with van der Waals surface area (Å²) in [6, 6.07) is 15.9. The monoisotopic (exact) mass is 284 g/mol. The Balaban J connectivity index is 2.16. The Morgan fingerprint density at radius 2 is 2.05 bits per heavy atom. The molecule has 1 N–H and O–H groups in total. The largest absolute Gasteiger partial charge is 0.479 e. The fourth-order valence-corrected chi connectivity index (χ4v) is 2.15. The van der Waals surface area contributed by atoms with Crippen LogP contribution in [0.25, 0.3) is 0 Å². The Morgan fingerprint density at radius 3 is 2.76 bits per heavy atom. The van der Waals surface area contributed by atoms with Crippen molar-refractivity contribution in [2.24, 2.45) is 0 Å². The van der Waals surface area contributed by atoms with E-state index in [0.29, 0.717) is 11.3 Å². The van der Waals surface area contributed by atoms with E-state index in [1.165, 1.54) is 6.07 Å². The van der Waals surface area contributed by atoms with E-state index < -0.39 is 0 Å². The molecule has 0 radical (unpaired) electrons. The number of hydrogen-bond acceptors (Lipinski definition) is 3. The third kappa shape index (κ3) is 3.96. The molecule has 2 rings (SSSR count). The van der Waals surface area contributed by atoms with E-state index >= 15 is 0 Å². The number of anilines is 1. The van der Waals surface area contributed by atoms with Crippen molar-refractivity contribution in [3.63, 3.8) is 0 Å². The van der Waals surface area contributed by atoms with Gasteiger partial charge in [0.2, 0.25) is 0 Å². The molecule has 2 aromatic rings. The summed E-state index contributed by atoms with van der Waals surface area (Å²) in [5, 5.41) is 11.8. The van der Waals surface area contributed by atoms with Crippen LogP contribution in [0.2, 0.25) is 0 Å². The summed E-state index contributed by atoms with van der Waals surface area (Å²) in [7, 11) is 0. The van der Waals surface area contributed by atoms with Gasteiger partial charge in [-0.05, 0) is 24.6 Å². The Kier molecular flexibility index (Phi) is 5.16. The number of nitrogens with zero attached hydrogens (tertiary/aromatic N) is 1. The van der Waals surface area contributed by atoms with Crippen LogP contribution in [0.3, 0.4) is 0 Å². The molecule has 0 heterocycles. The predicted octanol–water partition coefficient (Wildman–Crippen LogP) is 4.29. The van der Waals surface area contributed by atoms with Gasteiger partial charge in [0.1, 0.15) is 17.6 Å². The van der Waals surface area contributed by atoms with Crippen molar-refractivity contribution in [2.75, 3.05) is 11.9 Å². The Bertz CT molecular complexity index is 637. The van der Waals surface area contributed by atoms with Gasteiger partial charge >= 0.3 is 0 Å². The SMILES string of the molecule is CCC(Nc1cccc(OCC#N)c1)c1ccccc1F. The number of halogens is 1. The molecule has 0 bridgehead atoms. The molecule has 0 aromatic heterocycles. The minimum Gasteiger partial charge on any atom is -0.479 e. The van der Waals surface area contributed by atoms with Crippen LogP contribution in [0.4, 0.5) is 10.1 Å². The summed E-state index contributed by atoms with van der Waals surface area (Å²) in [6.45, 7) is 2.01. The molecule has 1 atom stereocenters. The molecule has 0 saturated heterocycles. The minimum absolute atomic E-state index is 0.00791. The van der Waals surface area contributed by atoms with E-state index in [0.717, 1.165) is 12.1 Å². The maximum Gasteiger partial charge on any atom is 0.174 e. The second-order valence-corrected chi connectivity index (χ2v) is 4.60. The lowest BCUT2D eigenvalue weighted by Crippen LogP contribution is -2.11. The molecular weight excluding hydrogens is 267 g/mol. The molecule has 2 aromatic carbocycles. The van der Waals surface area contributed by atoms with Crippen molar-refractivity contribution in [3.8, 4) is 11.8 Å². The number of nitriles is 1. The summed E-state index contributed by atoms with van der Waals surface area (Å²) in [5.74, 6) is 0.402. The first-order chi connectivity index (χ1) is 10.2. The van der Waals surface area contributed by atoms with Crippen molar-refractivity contribution in [1.29, 1.82) is 5.26 Å². The van der Waals surface area contributed by atoms with Crippen molar-refractivity contribution in [2.45, 2.75) is 19.4 Å². The van der Waals surface area contributed by atoms with Crippen LogP contribution in [0.5, 0.6) is 5.75 Å². The van der Waals surface area contributed by atoms with Crippen LogP contribution < -0.4 is 10.1 Å². The highest BCUT2D eigenvalue weighted by Gasteiger charge is 2.13. The van der Waals surface area contributed by atoms with Gasteiger partial charge in [0.05, 0.1) is 6.04 Å². The highest BCUT2D eigenvalue weighted by atomic mass is 19.1. The fourth-order valence-electron chi connectivity index (χ4n) is 2.15. The topological polar surface area (TPSA) is 45.0 Å². The molecule has 3 nitrogen and oxygen atoms in total. The summed E-state index contributed by atoms with van der Waals surface area (Å²) < 4.78 is 19.1. The normalized spacial score (nSPS) is 11.5. The second-order valence-electron chi connectivity index (χ2n) is 4.60. The lowest BCUT2D eigenvalue weighted by atomic mass is 10.0.